The summed E-state index contributed by atoms with van der Waals surface area (Å²) in [6.45, 7) is 3.54. The van der Waals surface area contributed by atoms with Crippen LogP contribution in [-0.2, 0) is 4.79 Å². The summed E-state index contributed by atoms with van der Waals surface area (Å²) in [6.07, 6.45) is 0. The van der Waals surface area contributed by atoms with E-state index in [0.717, 1.165) is 6.07 Å². The van der Waals surface area contributed by atoms with Crippen LogP contribution in [0, 0.1) is 5.92 Å². The molecule has 0 radical (unpaired) electrons. The van der Waals surface area contributed by atoms with Crippen LogP contribution in [0.15, 0.2) is 18.2 Å². The largest absolute Gasteiger partial charge is 0.497 e. The third-order valence-corrected chi connectivity index (χ3v) is 3.15. The first kappa shape index (κ1) is 19.7. The number of rotatable bonds is 5. The number of ether oxygens (including phenoxy) is 1. The Kier molecular flexibility index (Phi) is 7.96. The average Bonchev–Trinajstić information content (AvgIpc) is 2.46. The van der Waals surface area contributed by atoms with Crippen LogP contribution in [0.2, 0.25) is 0 Å². The molecule has 122 valence electrons. The number of hydrogen-bond acceptors (Lipinski definition) is 4. The lowest BCUT2D eigenvalue weighted by Crippen LogP contribution is -2.19. The minimum Gasteiger partial charge on any atom is -0.497 e. The van der Waals surface area contributed by atoms with E-state index in [2.05, 4.69) is 0 Å². The molecule has 22 heavy (non-hydrogen) atoms. The normalized spacial score (nSPS) is 11.1. The first-order chi connectivity index (χ1) is 10.1. The van der Waals surface area contributed by atoms with Crippen LogP contribution in [-0.4, -0.2) is 45.7 Å². The van der Waals surface area contributed by atoms with Crippen molar-refractivity contribution in [3.05, 3.63) is 29.3 Å². The lowest BCUT2D eigenvalue weighted by Gasteiger charge is -2.05. The molecule has 0 saturated carbocycles. The van der Waals surface area contributed by atoms with E-state index in [9.17, 15) is 14.4 Å². The van der Waals surface area contributed by atoms with E-state index in [1.807, 2.05) is 0 Å². The summed E-state index contributed by atoms with van der Waals surface area (Å²) in [4.78, 5) is 31.2. The second kappa shape index (κ2) is 8.89. The quantitative estimate of drug-likeness (QED) is 0.708. The van der Waals surface area contributed by atoms with Crippen molar-refractivity contribution in [1.82, 2.24) is 0 Å². The number of carbonyl (C=O) groups is 3. The van der Waals surface area contributed by atoms with Crippen LogP contribution >= 0.6 is 11.6 Å². The van der Waals surface area contributed by atoms with Crippen molar-refractivity contribution in [2.75, 3.05) is 7.11 Å². The van der Waals surface area contributed by atoms with Gasteiger partial charge in [0, 0.05) is 0 Å². The van der Waals surface area contributed by atoms with Gasteiger partial charge in [-0.05, 0) is 24.1 Å². The summed E-state index contributed by atoms with van der Waals surface area (Å²) >= 11 is 5.35. The van der Waals surface area contributed by atoms with Gasteiger partial charge >= 0.3 is 17.9 Å². The molecule has 0 aliphatic carbocycles. The molecule has 1 atom stereocenters. The summed E-state index contributed by atoms with van der Waals surface area (Å²) in [5.74, 6) is -3.10. The van der Waals surface area contributed by atoms with Gasteiger partial charge in [-0.1, -0.05) is 13.8 Å². The van der Waals surface area contributed by atoms with Crippen LogP contribution in [0.3, 0.4) is 0 Å². The summed E-state index contributed by atoms with van der Waals surface area (Å²) in [5.41, 5.74) is -0.219. The maximum absolute atomic E-state index is 10.6. The highest BCUT2D eigenvalue weighted by Gasteiger charge is 2.16. The number of benzene rings is 1. The summed E-state index contributed by atoms with van der Waals surface area (Å²) in [6, 6.07) is 3.59. The van der Waals surface area contributed by atoms with Gasteiger partial charge < -0.3 is 20.1 Å². The minimum absolute atomic E-state index is 0.00849. The molecule has 0 spiro atoms. The van der Waals surface area contributed by atoms with Gasteiger partial charge in [0.15, 0.2) is 0 Å². The van der Waals surface area contributed by atoms with Gasteiger partial charge in [0.25, 0.3) is 0 Å². The second-order valence-electron chi connectivity index (χ2n) is 4.54. The molecule has 0 fully saturated rings. The van der Waals surface area contributed by atoms with Crippen molar-refractivity contribution in [2.24, 2.45) is 5.92 Å². The van der Waals surface area contributed by atoms with Crippen LogP contribution in [0.25, 0.3) is 0 Å². The fourth-order valence-electron chi connectivity index (χ4n) is 1.25. The van der Waals surface area contributed by atoms with Crippen LogP contribution in [0.1, 0.15) is 34.6 Å². The first-order valence-corrected chi connectivity index (χ1v) is 6.56. The molecule has 0 unspecified atom stereocenters. The standard InChI is InChI=1S/C9H8O5.C5H9ClO2/c1-14-7-3-5(8(10)11)2-6(4-7)9(12)13;1-3(2)4(6)5(7)8/h2-4H,1H3,(H,10,11)(H,12,13);3-4H,1-2H3,(H,7,8)/t;4-/m.0/s1. The number of carboxylic acids is 3. The van der Waals surface area contributed by atoms with Crippen molar-refractivity contribution >= 4 is 29.5 Å². The zero-order valence-electron chi connectivity index (χ0n) is 12.2. The van der Waals surface area contributed by atoms with Gasteiger partial charge in [0.05, 0.1) is 18.2 Å². The fourth-order valence-corrected chi connectivity index (χ4v) is 1.25. The van der Waals surface area contributed by atoms with Gasteiger partial charge in [-0.2, -0.15) is 0 Å². The molecule has 0 aliphatic heterocycles. The highest BCUT2D eigenvalue weighted by Crippen LogP contribution is 2.17. The zero-order valence-corrected chi connectivity index (χ0v) is 13.0. The van der Waals surface area contributed by atoms with Gasteiger partial charge in [-0.3, -0.25) is 4.79 Å². The molecule has 1 aromatic rings. The smallest absolute Gasteiger partial charge is 0.335 e. The molecule has 0 heterocycles. The summed E-state index contributed by atoms with van der Waals surface area (Å²) < 4.78 is 4.77. The van der Waals surface area contributed by atoms with Crippen molar-refractivity contribution in [3.63, 3.8) is 0 Å². The predicted octanol–water partition coefficient (Wildman–Crippen LogP) is 2.43. The van der Waals surface area contributed by atoms with Crippen LogP contribution in [0.5, 0.6) is 5.75 Å². The Morgan fingerprint density at radius 1 is 1.00 bits per heavy atom. The number of aliphatic carboxylic acids is 1. The Bertz CT molecular complexity index is 522. The van der Waals surface area contributed by atoms with E-state index in [1.54, 1.807) is 13.8 Å². The van der Waals surface area contributed by atoms with E-state index < -0.39 is 23.3 Å². The van der Waals surface area contributed by atoms with Crippen molar-refractivity contribution in [2.45, 2.75) is 19.2 Å². The lowest BCUT2D eigenvalue weighted by molar-refractivity contribution is -0.137. The predicted molar refractivity (Wildman–Crippen MR) is 79.0 cm³/mol. The monoisotopic (exact) mass is 332 g/mol. The van der Waals surface area contributed by atoms with E-state index >= 15 is 0 Å². The van der Waals surface area contributed by atoms with E-state index in [4.69, 9.17) is 31.7 Å². The van der Waals surface area contributed by atoms with Gasteiger partial charge in [-0.15, -0.1) is 11.6 Å². The molecular weight excluding hydrogens is 316 g/mol. The molecular formula is C14H17ClO7. The third-order valence-electron chi connectivity index (χ3n) is 2.46. The summed E-state index contributed by atoms with van der Waals surface area (Å²) in [5, 5.41) is 24.8. The maximum Gasteiger partial charge on any atom is 0.335 e. The topological polar surface area (TPSA) is 121 Å². The van der Waals surface area contributed by atoms with Gasteiger partial charge in [0.1, 0.15) is 11.1 Å². The molecule has 0 bridgehead atoms. The zero-order chi connectivity index (χ0) is 17.4. The number of hydrogen-bond donors (Lipinski definition) is 3. The number of methoxy groups -OCH3 is 1. The van der Waals surface area contributed by atoms with E-state index in [1.165, 1.54) is 19.2 Å². The molecule has 7 nitrogen and oxygen atoms in total. The molecule has 1 aromatic carbocycles. The van der Waals surface area contributed by atoms with Crippen molar-refractivity contribution in [3.8, 4) is 5.75 Å². The summed E-state index contributed by atoms with van der Waals surface area (Å²) in [7, 11) is 1.34. The van der Waals surface area contributed by atoms with Crippen molar-refractivity contribution in [1.29, 1.82) is 0 Å². The Labute approximate surface area is 132 Å². The second-order valence-corrected chi connectivity index (χ2v) is 5.01. The average molecular weight is 333 g/mol. The number of halogens is 1. The maximum atomic E-state index is 10.6. The first-order valence-electron chi connectivity index (χ1n) is 6.12. The third kappa shape index (κ3) is 6.45. The van der Waals surface area contributed by atoms with Crippen molar-refractivity contribution < 1.29 is 34.4 Å². The molecule has 0 saturated heterocycles. The number of alkyl halides is 1. The minimum atomic E-state index is -1.19. The Balaban J connectivity index is 0.000000472. The number of aromatic carboxylic acids is 2. The molecule has 0 aromatic heterocycles. The Morgan fingerprint density at radius 3 is 1.59 bits per heavy atom. The van der Waals surface area contributed by atoms with Gasteiger partial charge in [0.2, 0.25) is 0 Å². The molecule has 3 N–H and O–H groups in total. The molecule has 0 amide bonds. The Hall–Kier alpha value is -2.28. The van der Waals surface area contributed by atoms with E-state index in [0.29, 0.717) is 0 Å². The fraction of sp³-hybridized carbons (Fsp3) is 0.357. The SMILES string of the molecule is CC(C)[C@H](Cl)C(=O)O.COc1cc(C(=O)O)cc(C(=O)O)c1. The molecule has 0 aliphatic rings. The van der Waals surface area contributed by atoms with Gasteiger partial charge in [-0.25, -0.2) is 9.59 Å². The lowest BCUT2D eigenvalue weighted by atomic mass is 10.1. The number of carboxylic acid groups (broad SMARTS) is 3. The molecule has 1 rings (SSSR count). The molecule has 8 heteroatoms. The highest BCUT2D eigenvalue weighted by atomic mass is 35.5. The highest BCUT2D eigenvalue weighted by molar-refractivity contribution is 6.29. The van der Waals surface area contributed by atoms with E-state index in [-0.39, 0.29) is 22.8 Å². The van der Waals surface area contributed by atoms with Crippen LogP contribution < -0.4 is 4.74 Å². The van der Waals surface area contributed by atoms with Crippen LogP contribution in [0.4, 0.5) is 0 Å². The Morgan fingerprint density at radius 2 is 1.41 bits per heavy atom.